The second-order valence-corrected chi connectivity index (χ2v) is 10.8. The lowest BCUT2D eigenvalue weighted by Crippen LogP contribution is -2.35. The standard InChI is InChI=1S/C31H40N6O2/c1-3-39-31(38)28-19-34-37(30(28)27-18-26(27)29(32)21-35(2)33)25-13-7-11-23(17-25)24-12-8-15-36(20-24)16-14-22-9-5-4-6-10-22/h4-7,9-11,13,17,19,21,24,26-27H,3,8,12,14-16,18,20,32-33H2,1-2H3/b29-21-. The molecule has 0 spiro atoms. The Hall–Kier alpha value is -3.62. The van der Waals surface area contributed by atoms with Crippen LogP contribution >= 0.6 is 0 Å². The van der Waals surface area contributed by atoms with Crippen molar-refractivity contribution in [1.82, 2.24) is 19.7 Å². The van der Waals surface area contributed by atoms with E-state index in [1.807, 2.05) is 11.6 Å². The molecule has 1 saturated heterocycles. The zero-order valence-electron chi connectivity index (χ0n) is 23.0. The van der Waals surface area contributed by atoms with Gasteiger partial charge in [0.1, 0.15) is 5.56 Å². The molecule has 2 aromatic carbocycles. The van der Waals surface area contributed by atoms with Gasteiger partial charge in [-0.05, 0) is 68.3 Å². The Kier molecular flexibility index (Phi) is 8.33. The van der Waals surface area contributed by atoms with E-state index in [-0.39, 0.29) is 17.8 Å². The monoisotopic (exact) mass is 528 g/mol. The van der Waals surface area contributed by atoms with Gasteiger partial charge < -0.3 is 20.4 Å². The molecule has 3 unspecified atom stereocenters. The number of nitrogens with two attached hydrogens (primary N) is 2. The number of rotatable bonds is 10. The van der Waals surface area contributed by atoms with Crippen LogP contribution in [0.1, 0.15) is 65.2 Å². The van der Waals surface area contributed by atoms with Gasteiger partial charge in [-0.3, -0.25) is 0 Å². The Bertz CT molecular complexity index is 1300. The van der Waals surface area contributed by atoms with E-state index in [4.69, 9.17) is 16.3 Å². The molecular weight excluding hydrogens is 488 g/mol. The Morgan fingerprint density at radius 1 is 1.21 bits per heavy atom. The maximum atomic E-state index is 12.9. The molecule has 1 aromatic heterocycles. The number of carbonyl (C=O) groups is 1. The largest absolute Gasteiger partial charge is 0.462 e. The first kappa shape index (κ1) is 27.0. The molecule has 3 atom stereocenters. The van der Waals surface area contributed by atoms with Gasteiger partial charge in [0.25, 0.3) is 0 Å². The smallest absolute Gasteiger partial charge is 0.341 e. The number of hydrazine groups is 1. The van der Waals surface area contributed by atoms with Crippen LogP contribution in [0.5, 0.6) is 0 Å². The van der Waals surface area contributed by atoms with E-state index in [0.717, 1.165) is 43.9 Å². The van der Waals surface area contributed by atoms with Crippen molar-refractivity contribution in [3.63, 3.8) is 0 Å². The highest BCUT2D eigenvalue weighted by molar-refractivity contribution is 5.91. The first-order chi connectivity index (χ1) is 18.9. The average Bonchev–Trinajstić information content (AvgIpc) is 3.62. The highest BCUT2D eigenvalue weighted by Crippen LogP contribution is 2.52. The summed E-state index contributed by atoms with van der Waals surface area (Å²) in [6.07, 6.45) is 7.64. The van der Waals surface area contributed by atoms with Crippen molar-refractivity contribution in [1.29, 1.82) is 0 Å². The molecule has 3 aromatic rings. The molecule has 1 aliphatic carbocycles. The molecule has 206 valence electrons. The molecule has 0 amide bonds. The third kappa shape index (κ3) is 6.34. The Morgan fingerprint density at radius 3 is 2.79 bits per heavy atom. The summed E-state index contributed by atoms with van der Waals surface area (Å²) in [4.78, 5) is 15.4. The summed E-state index contributed by atoms with van der Waals surface area (Å²) in [7, 11) is 1.75. The van der Waals surface area contributed by atoms with Gasteiger partial charge in [-0.25, -0.2) is 15.3 Å². The number of benzene rings is 2. The molecule has 5 rings (SSSR count). The first-order valence-electron chi connectivity index (χ1n) is 14.0. The number of esters is 1. The Balaban J connectivity index is 1.37. The van der Waals surface area contributed by atoms with Crippen LogP contribution in [-0.4, -0.2) is 58.9 Å². The van der Waals surface area contributed by atoms with Crippen LogP contribution in [0.15, 0.2) is 72.7 Å². The fourth-order valence-corrected chi connectivity index (χ4v) is 5.86. The van der Waals surface area contributed by atoms with Crippen LogP contribution in [0.2, 0.25) is 0 Å². The maximum absolute atomic E-state index is 12.9. The number of likely N-dealkylation sites (tertiary alicyclic amines) is 1. The molecular formula is C31H40N6O2. The number of hydrogen-bond acceptors (Lipinski definition) is 7. The van der Waals surface area contributed by atoms with E-state index in [2.05, 4.69) is 64.6 Å². The predicted octanol–water partition coefficient (Wildman–Crippen LogP) is 4.18. The van der Waals surface area contributed by atoms with Crippen molar-refractivity contribution in [2.24, 2.45) is 17.5 Å². The minimum Gasteiger partial charge on any atom is -0.462 e. The topological polar surface area (TPSA) is 103 Å². The Labute approximate surface area is 231 Å². The average molecular weight is 529 g/mol. The highest BCUT2D eigenvalue weighted by atomic mass is 16.5. The van der Waals surface area contributed by atoms with Crippen molar-refractivity contribution < 1.29 is 9.53 Å². The molecule has 2 aliphatic rings. The van der Waals surface area contributed by atoms with Gasteiger partial charge in [-0.2, -0.15) is 5.10 Å². The van der Waals surface area contributed by atoms with Gasteiger partial charge in [-0.1, -0.05) is 42.5 Å². The third-order valence-corrected chi connectivity index (χ3v) is 7.88. The fraction of sp³-hybridized carbons (Fsp3) is 0.419. The number of nitrogens with zero attached hydrogens (tertiary/aromatic N) is 4. The van der Waals surface area contributed by atoms with Gasteiger partial charge in [0.15, 0.2) is 0 Å². The summed E-state index contributed by atoms with van der Waals surface area (Å²) in [5.74, 6) is 6.09. The van der Waals surface area contributed by atoms with E-state index in [1.54, 1.807) is 19.4 Å². The molecule has 39 heavy (non-hydrogen) atoms. The number of allylic oxidation sites excluding steroid dienone is 1. The van der Waals surface area contributed by atoms with Crippen LogP contribution in [0.25, 0.3) is 5.69 Å². The van der Waals surface area contributed by atoms with Crippen LogP contribution in [-0.2, 0) is 11.2 Å². The minimum absolute atomic E-state index is 0.0786. The summed E-state index contributed by atoms with van der Waals surface area (Å²) in [6.45, 7) is 5.40. The number of carbonyl (C=O) groups excluding carboxylic acids is 1. The van der Waals surface area contributed by atoms with Gasteiger partial charge >= 0.3 is 5.97 Å². The van der Waals surface area contributed by atoms with E-state index >= 15 is 0 Å². The first-order valence-corrected chi connectivity index (χ1v) is 14.0. The SMILES string of the molecule is CCOC(=O)c1cnn(-c2cccc(C3CCCN(CCc4ccccc4)C3)c2)c1C1CC1/C(N)=C/N(C)N. The highest BCUT2D eigenvalue weighted by Gasteiger charge is 2.45. The lowest BCUT2D eigenvalue weighted by Gasteiger charge is -2.33. The lowest BCUT2D eigenvalue weighted by molar-refractivity contribution is 0.0525. The maximum Gasteiger partial charge on any atom is 0.341 e. The van der Waals surface area contributed by atoms with Crippen molar-refractivity contribution >= 4 is 5.97 Å². The van der Waals surface area contributed by atoms with Gasteiger partial charge in [0.05, 0.1) is 24.2 Å². The van der Waals surface area contributed by atoms with E-state index in [1.165, 1.54) is 29.0 Å². The molecule has 8 nitrogen and oxygen atoms in total. The predicted molar refractivity (Wildman–Crippen MR) is 153 cm³/mol. The molecule has 4 N–H and O–H groups in total. The van der Waals surface area contributed by atoms with Crippen molar-refractivity contribution in [2.45, 2.75) is 44.4 Å². The second kappa shape index (κ2) is 12.1. The third-order valence-electron chi connectivity index (χ3n) is 7.88. The lowest BCUT2D eigenvalue weighted by atomic mass is 9.90. The van der Waals surface area contributed by atoms with E-state index in [0.29, 0.717) is 23.8 Å². The number of hydrogen-bond donors (Lipinski definition) is 2. The summed E-state index contributed by atoms with van der Waals surface area (Å²) >= 11 is 0. The zero-order chi connectivity index (χ0) is 27.4. The summed E-state index contributed by atoms with van der Waals surface area (Å²) in [5.41, 5.74) is 12.1. The van der Waals surface area contributed by atoms with Crippen LogP contribution in [0, 0.1) is 5.92 Å². The molecule has 0 bridgehead atoms. The zero-order valence-corrected chi connectivity index (χ0v) is 23.0. The van der Waals surface area contributed by atoms with E-state index in [9.17, 15) is 4.79 Å². The number of ether oxygens (including phenoxy) is 1. The quantitative estimate of drug-likeness (QED) is 0.231. The summed E-state index contributed by atoms with van der Waals surface area (Å²) in [6, 6.07) is 19.3. The van der Waals surface area contributed by atoms with Crippen LogP contribution < -0.4 is 11.6 Å². The molecule has 0 radical (unpaired) electrons. The molecule has 2 fully saturated rings. The number of aromatic nitrogens is 2. The molecule has 2 heterocycles. The van der Waals surface area contributed by atoms with Gasteiger partial charge in [0, 0.05) is 43.9 Å². The normalized spacial score (nSPS) is 21.5. The van der Waals surface area contributed by atoms with Crippen molar-refractivity contribution in [3.05, 3.63) is 95.1 Å². The van der Waals surface area contributed by atoms with Crippen LogP contribution in [0.3, 0.4) is 0 Å². The van der Waals surface area contributed by atoms with Crippen LogP contribution in [0.4, 0.5) is 0 Å². The second-order valence-electron chi connectivity index (χ2n) is 10.8. The van der Waals surface area contributed by atoms with Gasteiger partial charge in [-0.15, -0.1) is 0 Å². The van der Waals surface area contributed by atoms with Gasteiger partial charge in [0.2, 0.25) is 0 Å². The summed E-state index contributed by atoms with van der Waals surface area (Å²) in [5, 5.41) is 6.14. The minimum atomic E-state index is -0.347. The van der Waals surface area contributed by atoms with Crippen molar-refractivity contribution in [3.8, 4) is 5.69 Å². The fourth-order valence-electron chi connectivity index (χ4n) is 5.86. The molecule has 1 saturated carbocycles. The van der Waals surface area contributed by atoms with Crippen molar-refractivity contribution in [2.75, 3.05) is 33.3 Å². The molecule has 8 heteroatoms. The van der Waals surface area contributed by atoms with E-state index < -0.39 is 0 Å². The number of piperidine rings is 1. The summed E-state index contributed by atoms with van der Waals surface area (Å²) < 4.78 is 7.28. The molecule has 1 aliphatic heterocycles. The Morgan fingerprint density at radius 2 is 2.03 bits per heavy atom.